The molecule has 0 aromatic carbocycles. The molecule has 4 aliphatic carbocycles. The van der Waals surface area contributed by atoms with Crippen LogP contribution in [0.15, 0.2) is 12.2 Å². The third-order valence-corrected chi connectivity index (χ3v) is 7.78. The summed E-state index contributed by atoms with van der Waals surface area (Å²) in [6.07, 6.45) is -6.82. The fourth-order valence-corrected chi connectivity index (χ4v) is 6.39. The number of halogens is 3. The van der Waals surface area contributed by atoms with Crippen molar-refractivity contribution >= 4 is 16.1 Å². The van der Waals surface area contributed by atoms with Crippen LogP contribution in [-0.4, -0.2) is 54.0 Å². The van der Waals surface area contributed by atoms with E-state index in [1.807, 2.05) is 0 Å². The molecule has 0 radical (unpaired) electrons. The number of hydrogen-bond donors (Lipinski definition) is 2. The van der Waals surface area contributed by atoms with Crippen molar-refractivity contribution in [1.29, 1.82) is 0 Å². The lowest BCUT2D eigenvalue weighted by Crippen LogP contribution is -2.68. The van der Waals surface area contributed by atoms with E-state index in [0.717, 1.165) is 19.3 Å². The predicted molar refractivity (Wildman–Crippen MR) is 98.6 cm³/mol. The second-order valence-electron chi connectivity index (χ2n) is 9.23. The Kier molecular flexibility index (Phi) is 5.84. The van der Waals surface area contributed by atoms with Crippen molar-refractivity contribution in [1.82, 2.24) is 0 Å². The normalized spacial score (nSPS) is 37.6. The number of hydrogen-bond acceptors (Lipinski definition) is 6. The summed E-state index contributed by atoms with van der Waals surface area (Å²) >= 11 is 0. The Morgan fingerprint density at radius 3 is 2.20 bits per heavy atom. The fraction of sp³-hybridized carbons (Fsp3) is 0.842. The minimum Gasteiger partial charge on any atom is -0.451 e. The van der Waals surface area contributed by atoms with Crippen LogP contribution in [-0.2, 0) is 24.4 Å². The number of aliphatic hydroxyl groups is 1. The Morgan fingerprint density at radius 1 is 1.23 bits per heavy atom. The van der Waals surface area contributed by atoms with Gasteiger partial charge in [-0.1, -0.05) is 6.58 Å². The molecule has 7 nitrogen and oxygen atoms in total. The average Bonchev–Trinajstić information content (AvgIpc) is 2.56. The van der Waals surface area contributed by atoms with Gasteiger partial charge >= 0.3 is 12.1 Å². The maximum Gasteiger partial charge on any atom is 0.426 e. The van der Waals surface area contributed by atoms with Gasteiger partial charge in [-0.15, -0.1) is 0 Å². The van der Waals surface area contributed by atoms with E-state index in [1.54, 1.807) is 6.92 Å². The molecule has 4 aliphatic rings. The summed E-state index contributed by atoms with van der Waals surface area (Å²) in [5, 5.41) is 10.3. The molecule has 0 heterocycles. The van der Waals surface area contributed by atoms with Crippen molar-refractivity contribution in [2.45, 2.75) is 70.1 Å². The van der Waals surface area contributed by atoms with E-state index in [1.165, 1.54) is 6.92 Å². The summed E-state index contributed by atoms with van der Waals surface area (Å²) < 4.78 is 81.7. The Hall–Kier alpha value is -1.17. The molecule has 5 atom stereocenters. The van der Waals surface area contributed by atoms with Crippen LogP contribution < -0.4 is 0 Å². The molecule has 2 N–H and O–H groups in total. The molecule has 30 heavy (non-hydrogen) atoms. The van der Waals surface area contributed by atoms with E-state index in [9.17, 15) is 31.5 Å². The molecule has 0 aromatic rings. The Labute approximate surface area is 173 Å². The Morgan fingerprint density at radius 2 is 1.77 bits per heavy atom. The van der Waals surface area contributed by atoms with Crippen LogP contribution in [0.3, 0.4) is 0 Å². The second-order valence-corrected chi connectivity index (χ2v) is 10.7. The molecule has 0 spiro atoms. The first-order valence-corrected chi connectivity index (χ1v) is 11.4. The molecule has 0 amide bonds. The number of alkyl halides is 3. The van der Waals surface area contributed by atoms with E-state index in [0.29, 0.717) is 0 Å². The molecule has 0 aromatic heterocycles. The quantitative estimate of drug-likeness (QED) is 0.262. The van der Waals surface area contributed by atoms with E-state index in [4.69, 9.17) is 14.0 Å². The van der Waals surface area contributed by atoms with Crippen LogP contribution in [0, 0.1) is 23.2 Å². The minimum absolute atomic E-state index is 0.111. The first-order chi connectivity index (χ1) is 13.6. The number of esters is 1. The summed E-state index contributed by atoms with van der Waals surface area (Å²) in [4.78, 5) is 13.2. The topological polar surface area (TPSA) is 110 Å². The number of aliphatic hydroxyl groups excluding tert-OH is 1. The molecular weight excluding hydrogens is 429 g/mol. The van der Waals surface area contributed by atoms with Crippen molar-refractivity contribution in [3.05, 3.63) is 12.2 Å². The van der Waals surface area contributed by atoms with Gasteiger partial charge in [-0.2, -0.15) is 21.6 Å². The minimum atomic E-state index is -5.18. The zero-order valence-corrected chi connectivity index (χ0v) is 17.6. The van der Waals surface area contributed by atoms with Crippen LogP contribution in [0.1, 0.15) is 46.0 Å². The molecule has 11 heteroatoms. The summed E-state index contributed by atoms with van der Waals surface area (Å²) in [5.74, 6) is -2.93. The van der Waals surface area contributed by atoms with Crippen molar-refractivity contribution in [2.75, 3.05) is 5.75 Å². The predicted octanol–water partition coefficient (Wildman–Crippen LogP) is 2.84. The van der Waals surface area contributed by atoms with Crippen molar-refractivity contribution in [2.24, 2.45) is 23.2 Å². The third-order valence-electron chi connectivity index (χ3n) is 7.05. The third kappa shape index (κ3) is 4.13. The van der Waals surface area contributed by atoms with Gasteiger partial charge in [-0.05, 0) is 69.3 Å². The number of carbonyl (C=O) groups is 1. The fourth-order valence-electron chi connectivity index (χ4n) is 5.75. The van der Waals surface area contributed by atoms with Gasteiger partial charge < -0.3 is 14.6 Å². The van der Waals surface area contributed by atoms with Gasteiger partial charge in [0.15, 0.2) is 6.29 Å². The Bertz CT molecular complexity index is 810. The van der Waals surface area contributed by atoms with E-state index >= 15 is 0 Å². The summed E-state index contributed by atoms with van der Waals surface area (Å²) in [7, 11) is -5.05. The summed E-state index contributed by atoms with van der Waals surface area (Å²) in [6, 6.07) is 0. The van der Waals surface area contributed by atoms with E-state index < -0.39 is 51.4 Å². The molecule has 0 aliphatic heterocycles. The van der Waals surface area contributed by atoms with Crippen LogP contribution in [0.4, 0.5) is 13.2 Å². The largest absolute Gasteiger partial charge is 0.451 e. The highest BCUT2D eigenvalue weighted by Gasteiger charge is 2.69. The van der Waals surface area contributed by atoms with Crippen molar-refractivity contribution < 1.29 is 45.5 Å². The SMILES string of the molecule is C=C(C)C(O)OC1(C)C2CC3CC(C2)CC1(C(=O)OC(CS(=O)(=O)O)C(F)(F)F)C3. The van der Waals surface area contributed by atoms with Gasteiger partial charge in [0.1, 0.15) is 5.75 Å². The molecule has 0 saturated heterocycles. The van der Waals surface area contributed by atoms with Gasteiger partial charge in [0.25, 0.3) is 10.1 Å². The number of rotatable bonds is 7. The van der Waals surface area contributed by atoms with Crippen LogP contribution >= 0.6 is 0 Å². The molecule has 4 fully saturated rings. The zero-order valence-electron chi connectivity index (χ0n) is 16.8. The van der Waals surface area contributed by atoms with Gasteiger partial charge in [-0.25, -0.2) is 0 Å². The highest BCUT2D eigenvalue weighted by Crippen LogP contribution is 2.66. The van der Waals surface area contributed by atoms with Crippen LogP contribution in [0.2, 0.25) is 0 Å². The van der Waals surface area contributed by atoms with Crippen LogP contribution in [0.5, 0.6) is 0 Å². The first-order valence-electron chi connectivity index (χ1n) is 9.81. The standard InChI is InChI=1S/C19H27F3O7S/c1-10(2)15(23)29-17(3)13-5-11-4-12(6-13)8-18(17,7-11)16(24)28-14(19(20,21)22)9-30(25,26)27/h11-15,23H,1,4-9H2,2-3H3,(H,25,26,27). The first kappa shape index (κ1) is 23.5. The average molecular weight is 456 g/mol. The number of ether oxygens (including phenoxy) is 2. The molecule has 172 valence electrons. The molecular formula is C19H27F3O7S. The highest BCUT2D eigenvalue weighted by molar-refractivity contribution is 7.85. The molecule has 4 rings (SSSR count). The van der Waals surface area contributed by atoms with Crippen molar-refractivity contribution in [3.63, 3.8) is 0 Å². The second kappa shape index (κ2) is 7.46. The van der Waals surface area contributed by atoms with Crippen molar-refractivity contribution in [3.8, 4) is 0 Å². The van der Waals surface area contributed by atoms with Gasteiger partial charge in [0.05, 0.1) is 11.0 Å². The summed E-state index contributed by atoms with van der Waals surface area (Å²) in [6.45, 7) is 6.76. The van der Waals surface area contributed by atoms with E-state index in [2.05, 4.69) is 6.58 Å². The lowest BCUT2D eigenvalue weighted by atomic mass is 9.43. The van der Waals surface area contributed by atoms with Gasteiger partial charge in [0, 0.05) is 0 Å². The maximum atomic E-state index is 13.4. The highest BCUT2D eigenvalue weighted by atomic mass is 32.2. The monoisotopic (exact) mass is 456 g/mol. The zero-order chi connectivity index (χ0) is 22.7. The smallest absolute Gasteiger partial charge is 0.426 e. The van der Waals surface area contributed by atoms with E-state index in [-0.39, 0.29) is 36.2 Å². The number of carbonyl (C=O) groups excluding carboxylic acids is 1. The lowest BCUT2D eigenvalue weighted by Gasteiger charge is -2.64. The molecule has 5 unspecified atom stereocenters. The van der Waals surface area contributed by atoms with Gasteiger partial charge in [0.2, 0.25) is 6.10 Å². The maximum absolute atomic E-state index is 13.4. The Balaban J connectivity index is 1.96. The molecule has 4 bridgehead atoms. The summed E-state index contributed by atoms with van der Waals surface area (Å²) in [5.41, 5.74) is -2.47. The van der Waals surface area contributed by atoms with Gasteiger partial charge in [-0.3, -0.25) is 9.35 Å². The molecule has 4 saturated carbocycles. The lowest BCUT2D eigenvalue weighted by molar-refractivity contribution is -0.292. The van der Waals surface area contributed by atoms with Crippen LogP contribution in [0.25, 0.3) is 0 Å².